The van der Waals surface area contributed by atoms with E-state index in [1.807, 2.05) is 0 Å². The molecule has 0 aliphatic rings. The first-order valence-corrected chi connectivity index (χ1v) is 7.48. The highest BCUT2D eigenvalue weighted by Gasteiger charge is 2.29. The van der Waals surface area contributed by atoms with Gasteiger partial charge in [-0.3, -0.25) is 4.99 Å². The molecule has 6 nitrogen and oxygen atoms in total. The van der Waals surface area contributed by atoms with Gasteiger partial charge in [-0.1, -0.05) is 6.08 Å². The van der Waals surface area contributed by atoms with E-state index < -0.39 is 12.7 Å². The first-order valence-electron chi connectivity index (χ1n) is 7.48. The predicted octanol–water partition coefficient (Wildman–Crippen LogP) is 2.21. The molecule has 0 amide bonds. The van der Waals surface area contributed by atoms with Crippen LogP contribution in [0.1, 0.15) is 6.92 Å². The van der Waals surface area contributed by atoms with Gasteiger partial charge in [-0.05, 0) is 37.9 Å². The molecule has 1 aromatic heterocycles. The van der Waals surface area contributed by atoms with Crippen molar-refractivity contribution >= 4 is 24.7 Å². The number of aliphatic imine (C=N–C) groups is 1. The van der Waals surface area contributed by atoms with Gasteiger partial charge in [0.25, 0.3) is 0 Å². The minimum Gasteiger partial charge on any atom is -0.493 e. The van der Waals surface area contributed by atoms with Gasteiger partial charge in [-0.15, -0.1) is 0 Å². The Balaban J connectivity index is 2.25. The van der Waals surface area contributed by atoms with Crippen molar-refractivity contribution in [2.45, 2.75) is 13.1 Å². The van der Waals surface area contributed by atoms with Crippen LogP contribution < -0.4 is 20.2 Å². The van der Waals surface area contributed by atoms with Crippen LogP contribution in [0.5, 0.6) is 17.6 Å². The first kappa shape index (κ1) is 19.2. The average Bonchev–Trinajstić information content (AvgIpc) is 2.54. The number of nitrogens with zero attached hydrogens (tertiary/aromatic N) is 4. The molecule has 0 unspecified atom stereocenters. The molecular weight excluding hydrogens is 349 g/mol. The molecule has 0 fully saturated rings. The second-order valence-corrected chi connectivity index (χ2v) is 5.30. The van der Waals surface area contributed by atoms with E-state index in [2.05, 4.69) is 21.7 Å². The van der Waals surface area contributed by atoms with Crippen LogP contribution in [-0.4, -0.2) is 41.6 Å². The molecule has 0 saturated carbocycles. The number of aromatic nitrogens is 2. The fraction of sp³-hybridized carbons (Fsp3) is 0.235. The molecule has 0 radical (unpaired) electrons. The lowest BCUT2D eigenvalue weighted by molar-refractivity contribution is -0.119. The maximum absolute atomic E-state index is 12.4. The third kappa shape index (κ3) is 4.95. The number of hydrogen-bond acceptors (Lipinski definition) is 6. The van der Waals surface area contributed by atoms with Crippen molar-refractivity contribution in [2.75, 3.05) is 18.5 Å². The van der Waals surface area contributed by atoms with Gasteiger partial charge in [0.2, 0.25) is 5.88 Å². The number of ether oxygens (including phenoxy) is 1. The zero-order chi connectivity index (χ0) is 19.3. The zero-order valence-corrected chi connectivity index (χ0v) is 14.2. The minimum absolute atomic E-state index is 0.126. The summed E-state index contributed by atoms with van der Waals surface area (Å²) in [6.07, 6.45) is -1.33. The molecule has 0 aliphatic carbocycles. The lowest BCUT2D eigenvalue weighted by Crippen LogP contribution is -2.30. The number of anilines is 1. The van der Waals surface area contributed by atoms with Crippen molar-refractivity contribution < 1.29 is 23.0 Å². The van der Waals surface area contributed by atoms with Crippen molar-refractivity contribution in [3.8, 4) is 17.6 Å². The van der Waals surface area contributed by atoms with Crippen molar-refractivity contribution in [2.24, 2.45) is 4.99 Å². The second kappa shape index (κ2) is 7.85. The summed E-state index contributed by atoms with van der Waals surface area (Å²) >= 11 is 0. The fourth-order valence-corrected chi connectivity index (χ4v) is 2.20. The van der Waals surface area contributed by atoms with E-state index in [4.69, 9.17) is 4.74 Å². The largest absolute Gasteiger partial charge is 0.493 e. The highest BCUT2D eigenvalue weighted by Crippen LogP contribution is 2.24. The van der Waals surface area contributed by atoms with Crippen LogP contribution in [0.15, 0.2) is 29.3 Å². The molecule has 0 spiro atoms. The molecule has 0 atom stereocenters. The van der Waals surface area contributed by atoms with Gasteiger partial charge in [0.15, 0.2) is 0 Å². The van der Waals surface area contributed by atoms with Crippen LogP contribution in [0.4, 0.5) is 18.9 Å². The molecule has 9 heteroatoms. The summed E-state index contributed by atoms with van der Waals surface area (Å²) in [7, 11) is 1.34. The molecule has 1 aromatic carbocycles. The summed E-state index contributed by atoms with van der Waals surface area (Å²) in [6.45, 7) is 3.98. The second-order valence-electron chi connectivity index (χ2n) is 5.30. The number of rotatable bonds is 5. The maximum Gasteiger partial charge on any atom is 0.405 e. The Morgan fingerprint density at radius 2 is 1.92 bits per heavy atom. The van der Waals surface area contributed by atoms with Crippen molar-refractivity contribution in [3.63, 3.8) is 0 Å². The first-order chi connectivity index (χ1) is 12.2. The molecule has 26 heavy (non-hydrogen) atoms. The summed E-state index contributed by atoms with van der Waals surface area (Å²) in [4.78, 5) is 12.6. The van der Waals surface area contributed by atoms with Gasteiger partial charge >= 0.3 is 12.2 Å². The van der Waals surface area contributed by atoms with Gasteiger partial charge in [-0.2, -0.15) is 23.1 Å². The number of aromatic hydroxyl groups is 1. The van der Waals surface area contributed by atoms with Gasteiger partial charge in [-0.25, -0.2) is 0 Å². The Labute approximate surface area is 147 Å². The number of hydrogen-bond donors (Lipinski definition) is 1. The summed E-state index contributed by atoms with van der Waals surface area (Å²) < 4.78 is 42.8. The zero-order valence-electron chi connectivity index (χ0n) is 14.2. The van der Waals surface area contributed by atoms with Gasteiger partial charge in [0.05, 0.1) is 16.8 Å². The number of benzene rings is 1. The van der Waals surface area contributed by atoms with Crippen molar-refractivity contribution in [1.82, 2.24) is 9.97 Å². The molecule has 2 rings (SSSR count). The van der Waals surface area contributed by atoms with Crippen LogP contribution in [0, 0.1) is 0 Å². The van der Waals surface area contributed by atoms with E-state index in [1.165, 1.54) is 37.5 Å². The van der Waals surface area contributed by atoms with E-state index in [0.717, 1.165) is 4.90 Å². The molecule has 0 bridgehead atoms. The van der Waals surface area contributed by atoms with Crippen LogP contribution in [0.2, 0.25) is 0 Å². The standard InChI is InChI=1S/C17H17F3N4O2/c1-4-13-14(9-21-2)22-16(23-15(13)25)26-12-7-5-11(6-8-12)24(3)10-17(18,19)20/h4-9H,2,10H2,1,3H3,(H,22,23,25)/b13-4+,14-9+. The number of alkyl halides is 3. The lowest BCUT2D eigenvalue weighted by Gasteiger charge is -2.20. The third-order valence-corrected chi connectivity index (χ3v) is 3.34. The summed E-state index contributed by atoms with van der Waals surface area (Å²) in [6, 6.07) is 5.80. The van der Waals surface area contributed by atoms with Crippen molar-refractivity contribution in [1.29, 1.82) is 0 Å². The summed E-state index contributed by atoms with van der Waals surface area (Å²) in [5, 5.41) is 10.7. The Hall–Kier alpha value is -3.10. The molecule has 0 saturated heterocycles. The minimum atomic E-state index is -4.29. The molecule has 2 aromatic rings. The quantitative estimate of drug-likeness (QED) is 0.822. The van der Waals surface area contributed by atoms with E-state index in [1.54, 1.807) is 13.0 Å². The summed E-state index contributed by atoms with van der Waals surface area (Å²) in [5.41, 5.74) is 0.374. The van der Waals surface area contributed by atoms with Crippen LogP contribution in [0.25, 0.3) is 12.3 Å². The van der Waals surface area contributed by atoms with E-state index in [-0.39, 0.29) is 11.9 Å². The van der Waals surface area contributed by atoms with E-state index in [9.17, 15) is 18.3 Å². The van der Waals surface area contributed by atoms with E-state index in [0.29, 0.717) is 22.0 Å². The summed E-state index contributed by atoms with van der Waals surface area (Å²) in [5.74, 6) is 0.0215. The molecule has 138 valence electrons. The van der Waals surface area contributed by atoms with Gasteiger partial charge in [0, 0.05) is 12.7 Å². The normalized spacial score (nSPS) is 13.0. The Kier molecular flexibility index (Phi) is 5.81. The maximum atomic E-state index is 12.4. The smallest absolute Gasteiger partial charge is 0.405 e. The Morgan fingerprint density at radius 3 is 2.46 bits per heavy atom. The van der Waals surface area contributed by atoms with Gasteiger partial charge in [0.1, 0.15) is 12.3 Å². The van der Waals surface area contributed by atoms with Gasteiger partial charge < -0.3 is 14.7 Å². The Morgan fingerprint density at radius 1 is 1.27 bits per heavy atom. The topological polar surface area (TPSA) is 70.8 Å². The predicted molar refractivity (Wildman–Crippen MR) is 92.9 cm³/mol. The van der Waals surface area contributed by atoms with Crippen LogP contribution in [0.3, 0.4) is 0 Å². The number of halogens is 3. The average molecular weight is 366 g/mol. The van der Waals surface area contributed by atoms with E-state index >= 15 is 0 Å². The fourth-order valence-electron chi connectivity index (χ4n) is 2.20. The lowest BCUT2D eigenvalue weighted by atomic mass is 10.3. The highest BCUT2D eigenvalue weighted by atomic mass is 19.4. The molecule has 1 heterocycles. The Bertz CT molecular complexity index is 896. The third-order valence-electron chi connectivity index (χ3n) is 3.34. The van der Waals surface area contributed by atoms with Crippen LogP contribution in [-0.2, 0) is 0 Å². The van der Waals surface area contributed by atoms with Crippen molar-refractivity contribution in [3.05, 3.63) is 34.8 Å². The molecular formula is C17H17F3N4O2. The highest BCUT2D eigenvalue weighted by molar-refractivity contribution is 5.49. The monoisotopic (exact) mass is 366 g/mol. The molecule has 0 aliphatic heterocycles. The molecule has 1 N–H and O–H groups in total. The SMILES string of the molecule is C=N/C=c1/nc(Oc2ccc(N(C)CC(F)(F)F)cc2)nc(O)/c1=C/C. The van der Waals surface area contributed by atoms with Crippen LogP contribution >= 0.6 is 0 Å².